The maximum absolute atomic E-state index is 10.8. The molecule has 13 heavy (non-hydrogen) atoms. The largest absolute Gasteiger partial charge is 0.462 e. The van der Waals surface area contributed by atoms with Gasteiger partial charge in [-0.15, -0.1) is 0 Å². The highest BCUT2D eigenvalue weighted by Gasteiger charge is 2.47. The van der Waals surface area contributed by atoms with Crippen LogP contribution in [0.3, 0.4) is 0 Å². The molecule has 0 aliphatic heterocycles. The van der Waals surface area contributed by atoms with Gasteiger partial charge in [0.05, 0.1) is 12.0 Å². The minimum Gasteiger partial charge on any atom is -0.462 e. The smallest absolute Gasteiger partial charge is 0.302 e. The van der Waals surface area contributed by atoms with Crippen LogP contribution in [0.1, 0.15) is 26.2 Å². The van der Waals surface area contributed by atoms with Crippen molar-refractivity contribution in [3.8, 4) is 6.07 Å². The third-order valence-electron chi connectivity index (χ3n) is 3.24. The highest BCUT2D eigenvalue weighted by Crippen LogP contribution is 2.49. The molecule has 0 unspecified atom stereocenters. The minimum absolute atomic E-state index is 0.0286. The van der Waals surface area contributed by atoms with Crippen molar-refractivity contribution in [2.75, 3.05) is 0 Å². The highest BCUT2D eigenvalue weighted by molar-refractivity contribution is 5.66. The molecule has 0 N–H and O–H groups in total. The van der Waals surface area contributed by atoms with E-state index >= 15 is 0 Å². The number of esters is 1. The lowest BCUT2D eigenvalue weighted by Crippen LogP contribution is -2.28. The maximum atomic E-state index is 10.8. The molecule has 3 nitrogen and oxygen atoms in total. The summed E-state index contributed by atoms with van der Waals surface area (Å²) in [5, 5.41) is 8.85. The number of hydrogen-bond acceptors (Lipinski definition) is 3. The summed E-state index contributed by atoms with van der Waals surface area (Å²) in [6, 6.07) is 2.31. The van der Waals surface area contributed by atoms with E-state index in [-0.39, 0.29) is 18.0 Å². The molecule has 2 fully saturated rings. The molecule has 2 saturated carbocycles. The molecule has 3 heteroatoms. The number of nitrogens with zero attached hydrogens (tertiary/aromatic N) is 1. The standard InChI is InChI=1S/C10H13NO2/c1-6(12)13-10-4-7-2-8(5-11)9(10)3-7/h7-10H,2-4H2,1H3/t7-,8-,9-,10+/m0/s1. The molecule has 2 aliphatic carbocycles. The van der Waals surface area contributed by atoms with E-state index < -0.39 is 0 Å². The Hall–Kier alpha value is -1.04. The van der Waals surface area contributed by atoms with E-state index in [1.165, 1.54) is 6.92 Å². The first-order valence-electron chi connectivity index (χ1n) is 4.77. The lowest BCUT2D eigenvalue weighted by molar-refractivity contribution is -0.149. The number of ether oxygens (including phenoxy) is 1. The van der Waals surface area contributed by atoms with Gasteiger partial charge in [-0.25, -0.2) is 0 Å². The fourth-order valence-electron chi connectivity index (χ4n) is 2.78. The Labute approximate surface area is 77.7 Å². The second kappa shape index (κ2) is 3.02. The van der Waals surface area contributed by atoms with E-state index in [1.807, 2.05) is 0 Å². The average molecular weight is 179 g/mol. The summed E-state index contributed by atoms with van der Waals surface area (Å²) < 4.78 is 5.19. The molecular formula is C10H13NO2. The van der Waals surface area contributed by atoms with Crippen LogP contribution in [0.15, 0.2) is 0 Å². The molecule has 0 aromatic rings. The molecule has 0 spiro atoms. The van der Waals surface area contributed by atoms with Crippen molar-refractivity contribution in [1.29, 1.82) is 5.26 Å². The lowest BCUT2D eigenvalue weighted by atomic mass is 9.88. The zero-order valence-corrected chi connectivity index (χ0v) is 7.69. The van der Waals surface area contributed by atoms with Crippen LogP contribution < -0.4 is 0 Å². The van der Waals surface area contributed by atoms with Crippen LogP contribution in [-0.2, 0) is 9.53 Å². The summed E-state index contributed by atoms with van der Waals surface area (Å²) in [5.41, 5.74) is 0. The molecule has 0 aromatic heterocycles. The van der Waals surface area contributed by atoms with E-state index in [1.54, 1.807) is 0 Å². The minimum atomic E-state index is -0.214. The Bertz CT molecular complexity index is 269. The Morgan fingerprint density at radius 3 is 2.77 bits per heavy atom. The topological polar surface area (TPSA) is 50.1 Å². The summed E-state index contributed by atoms with van der Waals surface area (Å²) >= 11 is 0. The fraction of sp³-hybridized carbons (Fsp3) is 0.800. The second-order valence-corrected chi connectivity index (χ2v) is 4.12. The molecule has 0 radical (unpaired) electrons. The van der Waals surface area contributed by atoms with Crippen molar-refractivity contribution in [1.82, 2.24) is 0 Å². The molecule has 70 valence electrons. The summed E-state index contributed by atoms with van der Waals surface area (Å²) in [6.07, 6.45) is 3.10. The molecular weight excluding hydrogens is 166 g/mol. The van der Waals surface area contributed by atoms with E-state index in [0.29, 0.717) is 11.8 Å². The van der Waals surface area contributed by atoms with Gasteiger partial charge < -0.3 is 4.74 Å². The highest BCUT2D eigenvalue weighted by atomic mass is 16.5. The predicted octanol–water partition coefficient (Wildman–Crippen LogP) is 1.49. The van der Waals surface area contributed by atoms with Gasteiger partial charge in [0.1, 0.15) is 6.10 Å². The van der Waals surface area contributed by atoms with Gasteiger partial charge in [-0.1, -0.05) is 0 Å². The van der Waals surface area contributed by atoms with Crippen LogP contribution in [0.5, 0.6) is 0 Å². The summed E-state index contributed by atoms with van der Waals surface area (Å²) in [5.74, 6) is 0.857. The van der Waals surface area contributed by atoms with E-state index in [4.69, 9.17) is 10.00 Å². The lowest BCUT2D eigenvalue weighted by Gasteiger charge is -2.24. The van der Waals surface area contributed by atoms with Crippen LogP contribution in [-0.4, -0.2) is 12.1 Å². The quantitative estimate of drug-likeness (QED) is 0.573. The second-order valence-electron chi connectivity index (χ2n) is 4.12. The molecule has 2 aliphatic rings. The van der Waals surface area contributed by atoms with Crippen LogP contribution in [0, 0.1) is 29.1 Å². The van der Waals surface area contributed by atoms with Crippen molar-refractivity contribution in [3.63, 3.8) is 0 Å². The first kappa shape index (κ1) is 8.55. The first-order chi connectivity index (χ1) is 6.20. The Morgan fingerprint density at radius 1 is 1.46 bits per heavy atom. The van der Waals surface area contributed by atoms with Gasteiger partial charge in [-0.2, -0.15) is 5.26 Å². The van der Waals surface area contributed by atoms with Crippen LogP contribution in [0.4, 0.5) is 0 Å². The van der Waals surface area contributed by atoms with Crippen LogP contribution >= 0.6 is 0 Å². The normalized spacial score (nSPS) is 41.5. The average Bonchev–Trinajstić information content (AvgIpc) is 2.60. The number of nitriles is 1. The van der Waals surface area contributed by atoms with Gasteiger partial charge in [-0.05, 0) is 25.2 Å². The molecule has 0 heterocycles. The molecule has 2 bridgehead atoms. The zero-order valence-electron chi connectivity index (χ0n) is 7.69. The zero-order chi connectivity index (χ0) is 9.42. The van der Waals surface area contributed by atoms with Crippen molar-refractivity contribution in [3.05, 3.63) is 0 Å². The molecule has 0 amide bonds. The van der Waals surface area contributed by atoms with Gasteiger partial charge in [0.2, 0.25) is 0 Å². The third kappa shape index (κ3) is 1.41. The molecule has 4 atom stereocenters. The van der Waals surface area contributed by atoms with Gasteiger partial charge in [0.15, 0.2) is 0 Å². The SMILES string of the molecule is CC(=O)O[C@@H]1C[C@@H]2C[C@H]1[C@H](C#N)C2. The van der Waals surface area contributed by atoms with Crippen molar-refractivity contribution in [2.24, 2.45) is 17.8 Å². The number of carbonyl (C=O) groups is 1. The predicted molar refractivity (Wildman–Crippen MR) is 45.5 cm³/mol. The van der Waals surface area contributed by atoms with Crippen LogP contribution in [0.25, 0.3) is 0 Å². The van der Waals surface area contributed by atoms with Crippen molar-refractivity contribution in [2.45, 2.75) is 32.3 Å². The van der Waals surface area contributed by atoms with Gasteiger partial charge in [0, 0.05) is 12.8 Å². The third-order valence-corrected chi connectivity index (χ3v) is 3.24. The van der Waals surface area contributed by atoms with Crippen molar-refractivity contribution >= 4 is 5.97 Å². The Balaban J connectivity index is 2.02. The summed E-state index contributed by atoms with van der Waals surface area (Å²) in [7, 11) is 0. The van der Waals surface area contributed by atoms with E-state index in [2.05, 4.69) is 6.07 Å². The summed E-state index contributed by atoms with van der Waals surface area (Å²) in [4.78, 5) is 10.8. The Morgan fingerprint density at radius 2 is 2.23 bits per heavy atom. The van der Waals surface area contributed by atoms with Gasteiger partial charge >= 0.3 is 5.97 Å². The molecule has 2 rings (SSSR count). The van der Waals surface area contributed by atoms with E-state index in [0.717, 1.165) is 19.3 Å². The summed E-state index contributed by atoms with van der Waals surface area (Å²) in [6.45, 7) is 1.44. The van der Waals surface area contributed by atoms with E-state index in [9.17, 15) is 4.79 Å². The van der Waals surface area contributed by atoms with Crippen LogP contribution in [0.2, 0.25) is 0 Å². The monoisotopic (exact) mass is 179 g/mol. The number of fused-ring (bicyclic) bond motifs is 2. The number of rotatable bonds is 1. The maximum Gasteiger partial charge on any atom is 0.302 e. The Kier molecular flexibility index (Phi) is 1.99. The van der Waals surface area contributed by atoms with Gasteiger partial charge in [-0.3, -0.25) is 4.79 Å². The molecule has 0 aromatic carbocycles. The van der Waals surface area contributed by atoms with Crippen molar-refractivity contribution < 1.29 is 9.53 Å². The number of carbonyl (C=O) groups excluding carboxylic acids is 1. The molecule has 0 saturated heterocycles. The van der Waals surface area contributed by atoms with Gasteiger partial charge in [0.25, 0.3) is 0 Å². The first-order valence-corrected chi connectivity index (χ1v) is 4.77. The number of hydrogen-bond donors (Lipinski definition) is 0. The fourth-order valence-corrected chi connectivity index (χ4v) is 2.78.